The minimum Gasteiger partial charge on any atom is -0.468 e. The van der Waals surface area contributed by atoms with Gasteiger partial charge in [0, 0.05) is 6.54 Å². The summed E-state index contributed by atoms with van der Waals surface area (Å²) in [6.45, 7) is 0.626. The van der Waals surface area contributed by atoms with Gasteiger partial charge in [-0.05, 0) is 36.4 Å². The lowest BCUT2D eigenvalue weighted by Crippen LogP contribution is -2.29. The molecular formula is C15H17ClN2O2S. The van der Waals surface area contributed by atoms with Gasteiger partial charge in [0.25, 0.3) is 0 Å². The molecule has 112 valence electrons. The molecule has 4 nitrogen and oxygen atoms in total. The molecule has 2 amide bonds. The Balaban J connectivity index is 1.56. The molecule has 2 N–H and O–H groups in total. The van der Waals surface area contributed by atoms with Crippen LogP contribution in [-0.2, 0) is 5.75 Å². The highest BCUT2D eigenvalue weighted by Crippen LogP contribution is 2.20. The summed E-state index contributed by atoms with van der Waals surface area (Å²) >= 11 is 7.75. The Bertz CT molecular complexity index is 561. The van der Waals surface area contributed by atoms with Gasteiger partial charge in [-0.15, -0.1) is 0 Å². The Morgan fingerprint density at radius 2 is 2.10 bits per heavy atom. The predicted octanol–water partition coefficient (Wildman–Crippen LogP) is 4.38. The van der Waals surface area contributed by atoms with E-state index in [4.69, 9.17) is 16.0 Å². The lowest BCUT2D eigenvalue weighted by molar-refractivity contribution is 0.252. The van der Waals surface area contributed by atoms with Crippen molar-refractivity contribution in [2.75, 3.05) is 17.6 Å². The first-order valence-corrected chi connectivity index (χ1v) is 8.18. The molecule has 0 fully saturated rings. The molecule has 0 unspecified atom stereocenters. The standard InChI is InChI=1S/C15H17ClN2O2S/c16-13-6-1-2-7-14(13)18-15(19)17-8-4-10-21-11-12-5-3-9-20-12/h1-3,5-7,9H,4,8,10-11H2,(H2,17,18,19). The van der Waals surface area contributed by atoms with E-state index in [-0.39, 0.29) is 6.03 Å². The van der Waals surface area contributed by atoms with Gasteiger partial charge < -0.3 is 15.1 Å². The van der Waals surface area contributed by atoms with Crippen LogP contribution >= 0.6 is 23.4 Å². The lowest BCUT2D eigenvalue weighted by Gasteiger charge is -2.08. The number of hydrogen-bond donors (Lipinski definition) is 2. The number of amides is 2. The first kappa shape index (κ1) is 15.8. The SMILES string of the molecule is O=C(NCCCSCc1ccco1)Nc1ccccc1Cl. The molecule has 0 aliphatic carbocycles. The molecule has 0 aliphatic heterocycles. The van der Waals surface area contributed by atoms with Crippen molar-refractivity contribution in [1.29, 1.82) is 0 Å². The summed E-state index contributed by atoms with van der Waals surface area (Å²) in [6, 6.07) is 10.8. The molecule has 1 aromatic carbocycles. The minimum absolute atomic E-state index is 0.237. The average molecular weight is 325 g/mol. The van der Waals surface area contributed by atoms with Crippen molar-refractivity contribution in [3.8, 4) is 0 Å². The van der Waals surface area contributed by atoms with Gasteiger partial charge in [0.1, 0.15) is 5.76 Å². The van der Waals surface area contributed by atoms with Gasteiger partial charge >= 0.3 is 6.03 Å². The van der Waals surface area contributed by atoms with Crippen molar-refractivity contribution in [3.05, 3.63) is 53.4 Å². The fourth-order valence-electron chi connectivity index (χ4n) is 1.67. The Hall–Kier alpha value is -1.59. The molecule has 2 aromatic rings. The Morgan fingerprint density at radius 3 is 2.86 bits per heavy atom. The van der Waals surface area contributed by atoms with Gasteiger partial charge in [-0.25, -0.2) is 4.79 Å². The first-order chi connectivity index (χ1) is 10.3. The highest BCUT2D eigenvalue weighted by molar-refractivity contribution is 7.98. The van der Waals surface area contributed by atoms with Crippen LogP contribution in [0.15, 0.2) is 47.1 Å². The van der Waals surface area contributed by atoms with Crippen LogP contribution in [0.3, 0.4) is 0 Å². The Morgan fingerprint density at radius 1 is 1.24 bits per heavy atom. The van der Waals surface area contributed by atoms with E-state index in [1.165, 1.54) is 0 Å². The maximum atomic E-state index is 11.7. The van der Waals surface area contributed by atoms with E-state index in [0.29, 0.717) is 17.3 Å². The van der Waals surface area contributed by atoms with Gasteiger partial charge in [0.2, 0.25) is 0 Å². The second kappa shape index (κ2) is 8.64. The maximum absolute atomic E-state index is 11.7. The number of carbonyl (C=O) groups is 1. The maximum Gasteiger partial charge on any atom is 0.319 e. The van der Waals surface area contributed by atoms with Crippen LogP contribution in [0.1, 0.15) is 12.2 Å². The Labute approximate surface area is 133 Å². The van der Waals surface area contributed by atoms with Gasteiger partial charge in [-0.3, -0.25) is 0 Å². The minimum atomic E-state index is -0.237. The summed E-state index contributed by atoms with van der Waals surface area (Å²) in [5, 5.41) is 6.06. The quantitative estimate of drug-likeness (QED) is 0.743. The van der Waals surface area contributed by atoms with E-state index < -0.39 is 0 Å². The van der Waals surface area contributed by atoms with Crippen molar-refractivity contribution in [2.45, 2.75) is 12.2 Å². The van der Waals surface area contributed by atoms with Crippen LogP contribution in [0.25, 0.3) is 0 Å². The monoisotopic (exact) mass is 324 g/mol. The van der Waals surface area contributed by atoms with E-state index in [1.807, 2.05) is 24.3 Å². The molecule has 2 rings (SSSR count). The number of halogens is 1. The third kappa shape index (κ3) is 5.73. The second-order valence-corrected chi connectivity index (χ2v) is 5.86. The van der Waals surface area contributed by atoms with Crippen molar-refractivity contribution in [3.63, 3.8) is 0 Å². The largest absolute Gasteiger partial charge is 0.468 e. The van der Waals surface area contributed by atoms with E-state index in [9.17, 15) is 4.79 Å². The zero-order chi connectivity index (χ0) is 14.9. The van der Waals surface area contributed by atoms with Crippen LogP contribution < -0.4 is 10.6 Å². The fraction of sp³-hybridized carbons (Fsp3) is 0.267. The number of thioether (sulfide) groups is 1. The zero-order valence-corrected chi connectivity index (χ0v) is 13.0. The van der Waals surface area contributed by atoms with E-state index in [1.54, 1.807) is 30.2 Å². The van der Waals surface area contributed by atoms with Crippen LogP contribution in [-0.4, -0.2) is 18.3 Å². The number of anilines is 1. The van der Waals surface area contributed by atoms with Crippen molar-refractivity contribution in [1.82, 2.24) is 5.32 Å². The fourth-order valence-corrected chi connectivity index (χ4v) is 2.71. The summed E-state index contributed by atoms with van der Waals surface area (Å²) in [6.07, 6.45) is 2.58. The smallest absolute Gasteiger partial charge is 0.319 e. The average Bonchev–Trinajstić information content (AvgIpc) is 2.98. The number of benzene rings is 1. The number of carbonyl (C=O) groups excluding carboxylic acids is 1. The normalized spacial score (nSPS) is 10.3. The molecule has 0 saturated carbocycles. The highest BCUT2D eigenvalue weighted by atomic mass is 35.5. The Kier molecular flexibility index (Phi) is 6.50. The van der Waals surface area contributed by atoms with Gasteiger partial charge in [0.15, 0.2) is 0 Å². The molecule has 0 saturated heterocycles. The topological polar surface area (TPSA) is 54.3 Å². The number of hydrogen-bond acceptors (Lipinski definition) is 3. The van der Waals surface area contributed by atoms with Crippen molar-refractivity contribution >= 4 is 35.1 Å². The second-order valence-electron chi connectivity index (χ2n) is 4.35. The van der Waals surface area contributed by atoms with Crippen LogP contribution in [0.4, 0.5) is 10.5 Å². The summed E-state index contributed by atoms with van der Waals surface area (Å²) in [5.41, 5.74) is 0.615. The van der Waals surface area contributed by atoms with Crippen LogP contribution in [0.5, 0.6) is 0 Å². The molecule has 0 aliphatic rings. The third-order valence-corrected chi connectivity index (χ3v) is 4.09. The van der Waals surface area contributed by atoms with E-state index in [0.717, 1.165) is 23.7 Å². The van der Waals surface area contributed by atoms with E-state index >= 15 is 0 Å². The number of furan rings is 1. The first-order valence-electron chi connectivity index (χ1n) is 6.65. The van der Waals surface area contributed by atoms with Crippen LogP contribution in [0, 0.1) is 0 Å². The molecule has 6 heteroatoms. The predicted molar refractivity (Wildman–Crippen MR) is 88.0 cm³/mol. The molecule has 1 aromatic heterocycles. The number of nitrogens with one attached hydrogen (secondary N) is 2. The van der Waals surface area contributed by atoms with Crippen molar-refractivity contribution < 1.29 is 9.21 Å². The summed E-state index contributed by atoms with van der Waals surface area (Å²) in [4.78, 5) is 11.7. The molecular weight excluding hydrogens is 308 g/mol. The van der Waals surface area contributed by atoms with Gasteiger partial charge in [-0.2, -0.15) is 11.8 Å². The zero-order valence-electron chi connectivity index (χ0n) is 11.5. The molecule has 21 heavy (non-hydrogen) atoms. The highest BCUT2D eigenvalue weighted by Gasteiger charge is 2.04. The molecule has 0 spiro atoms. The molecule has 0 atom stereocenters. The van der Waals surface area contributed by atoms with Crippen molar-refractivity contribution in [2.24, 2.45) is 0 Å². The number of para-hydroxylation sites is 1. The van der Waals surface area contributed by atoms with Crippen LogP contribution in [0.2, 0.25) is 5.02 Å². The summed E-state index contributed by atoms with van der Waals surface area (Å²) in [5.74, 6) is 2.80. The molecule has 1 heterocycles. The summed E-state index contributed by atoms with van der Waals surface area (Å²) < 4.78 is 5.24. The number of rotatable bonds is 7. The molecule has 0 bridgehead atoms. The number of urea groups is 1. The molecule has 0 radical (unpaired) electrons. The van der Waals surface area contributed by atoms with Gasteiger partial charge in [-0.1, -0.05) is 23.7 Å². The van der Waals surface area contributed by atoms with Gasteiger partial charge in [0.05, 0.1) is 22.7 Å². The summed E-state index contributed by atoms with van der Waals surface area (Å²) in [7, 11) is 0. The lowest BCUT2D eigenvalue weighted by atomic mass is 10.3. The van der Waals surface area contributed by atoms with E-state index in [2.05, 4.69) is 10.6 Å². The third-order valence-electron chi connectivity index (χ3n) is 2.70.